The van der Waals surface area contributed by atoms with Crippen LogP contribution in [0.15, 0.2) is 0 Å². The van der Waals surface area contributed by atoms with Gasteiger partial charge in [-0.15, -0.1) is 0 Å². The van der Waals surface area contributed by atoms with E-state index >= 15 is 0 Å². The maximum Gasteiger partial charge on any atom is 0.106 e. The highest BCUT2D eigenvalue weighted by atomic mass is 16.3. The van der Waals surface area contributed by atoms with Gasteiger partial charge in [-0.1, -0.05) is 6.92 Å². The third-order valence-electron chi connectivity index (χ3n) is 2.03. The van der Waals surface area contributed by atoms with Crippen LogP contribution in [0.1, 0.15) is 19.8 Å². The van der Waals surface area contributed by atoms with Crippen LogP contribution in [0.4, 0.5) is 0 Å². The number of likely N-dealkylation sites (N-methyl/N-ethyl adjacent to an activating group) is 1. The summed E-state index contributed by atoms with van der Waals surface area (Å²) in [6.07, 6.45) is 0.433. The van der Waals surface area contributed by atoms with Crippen molar-refractivity contribution in [3.63, 3.8) is 0 Å². The van der Waals surface area contributed by atoms with Crippen molar-refractivity contribution in [1.29, 1.82) is 0 Å². The highest BCUT2D eigenvalue weighted by Crippen LogP contribution is 2.16. The quantitative estimate of drug-likeness (QED) is 0.615. The highest BCUT2D eigenvalue weighted by Gasteiger charge is 2.25. The van der Waals surface area contributed by atoms with Crippen molar-refractivity contribution in [2.45, 2.75) is 31.5 Å². The summed E-state index contributed by atoms with van der Waals surface area (Å²) in [6, 6.07) is 0. The Bertz CT molecular complexity index is 149. The number of hydrogen-bond acceptors (Lipinski definition) is 2. The second-order valence-corrected chi connectivity index (χ2v) is 4.91. The van der Waals surface area contributed by atoms with E-state index in [0.717, 1.165) is 0 Å². The van der Waals surface area contributed by atoms with Gasteiger partial charge < -0.3 is 14.7 Å². The van der Waals surface area contributed by atoms with Crippen LogP contribution < -0.4 is 0 Å². The number of rotatable bonds is 5. The molecule has 1 radical (unpaired) electrons. The van der Waals surface area contributed by atoms with Crippen LogP contribution in [0.5, 0.6) is 0 Å². The maximum atomic E-state index is 9.64. The second kappa shape index (κ2) is 4.40. The number of aliphatic hydroxyl groups excluding tert-OH is 1. The van der Waals surface area contributed by atoms with E-state index in [4.69, 9.17) is 0 Å². The fraction of sp³-hybridized carbons (Fsp3) is 0.900. The summed E-state index contributed by atoms with van der Waals surface area (Å²) in [7, 11) is 6.03. The molecule has 79 valence electrons. The lowest BCUT2D eigenvalue weighted by Crippen LogP contribution is -2.44. The number of nitrogens with zero attached hydrogens (tertiary/aromatic N) is 1. The van der Waals surface area contributed by atoms with Gasteiger partial charge in [0.05, 0.1) is 26.7 Å². The van der Waals surface area contributed by atoms with Gasteiger partial charge in [-0.25, -0.2) is 0 Å². The average Bonchev–Trinajstić information content (AvgIpc) is 1.81. The first-order valence-electron chi connectivity index (χ1n) is 4.72. The summed E-state index contributed by atoms with van der Waals surface area (Å²) in [5, 5.41) is 19.2. The van der Waals surface area contributed by atoms with E-state index in [1.165, 1.54) is 0 Å². The lowest BCUT2D eigenvalue weighted by molar-refractivity contribution is -0.873. The Kier molecular flexibility index (Phi) is 4.36. The van der Waals surface area contributed by atoms with Gasteiger partial charge in [0, 0.05) is 6.42 Å². The van der Waals surface area contributed by atoms with E-state index in [0.29, 0.717) is 23.9 Å². The molecule has 0 saturated heterocycles. The molecule has 0 heterocycles. The Balaban J connectivity index is 3.94. The first-order valence-corrected chi connectivity index (χ1v) is 4.72. The molecule has 0 bridgehead atoms. The fourth-order valence-corrected chi connectivity index (χ4v) is 1.28. The summed E-state index contributed by atoms with van der Waals surface area (Å²) in [6.45, 7) is 6.15. The van der Waals surface area contributed by atoms with Crippen molar-refractivity contribution >= 4 is 0 Å². The van der Waals surface area contributed by atoms with E-state index in [9.17, 15) is 10.2 Å². The molecule has 0 spiro atoms. The molecule has 0 aromatic rings. The molecule has 2 atom stereocenters. The predicted octanol–water partition coefficient (Wildman–Crippen LogP) is 0.419. The molecule has 2 N–H and O–H groups in total. The molecule has 0 saturated carbocycles. The van der Waals surface area contributed by atoms with Gasteiger partial charge in [-0.2, -0.15) is 0 Å². The monoisotopic (exact) mass is 189 g/mol. The molecular weight excluding hydrogens is 166 g/mol. The SMILES string of the molecule is [CH2]C(O)(CC)CC(O)C[N+](C)(C)C. The van der Waals surface area contributed by atoms with Gasteiger partial charge in [0.15, 0.2) is 0 Å². The van der Waals surface area contributed by atoms with Crippen molar-refractivity contribution < 1.29 is 14.7 Å². The van der Waals surface area contributed by atoms with Gasteiger partial charge in [-0.05, 0) is 13.3 Å². The Morgan fingerprint density at radius 2 is 1.85 bits per heavy atom. The summed E-state index contributed by atoms with van der Waals surface area (Å²) < 4.78 is 0.695. The summed E-state index contributed by atoms with van der Waals surface area (Å²) in [5.41, 5.74) is -0.978. The standard InChI is InChI=1S/C10H23NO2/c1-6-10(2,13)7-9(12)8-11(3,4)5/h9,12-13H,2,6-8H2,1,3-5H3/q+1. The minimum atomic E-state index is -0.978. The molecule has 0 rings (SSSR count). The molecule has 0 aromatic heterocycles. The number of quaternary nitrogens is 1. The Morgan fingerprint density at radius 1 is 1.38 bits per heavy atom. The lowest BCUT2D eigenvalue weighted by Gasteiger charge is -2.30. The van der Waals surface area contributed by atoms with Crippen LogP contribution in [0, 0.1) is 6.92 Å². The zero-order valence-electron chi connectivity index (χ0n) is 9.25. The summed E-state index contributed by atoms with van der Waals surface area (Å²) in [4.78, 5) is 0. The maximum absolute atomic E-state index is 9.64. The van der Waals surface area contributed by atoms with Crippen molar-refractivity contribution in [3.8, 4) is 0 Å². The molecule has 3 heteroatoms. The highest BCUT2D eigenvalue weighted by molar-refractivity contribution is 4.82. The molecule has 0 amide bonds. The van der Waals surface area contributed by atoms with Crippen LogP contribution in [0.2, 0.25) is 0 Å². The zero-order chi connectivity index (χ0) is 10.7. The third-order valence-corrected chi connectivity index (χ3v) is 2.03. The molecule has 0 aliphatic rings. The fourth-order valence-electron chi connectivity index (χ4n) is 1.28. The van der Waals surface area contributed by atoms with Crippen molar-refractivity contribution in [1.82, 2.24) is 0 Å². The Labute approximate surface area is 81.6 Å². The van der Waals surface area contributed by atoms with Gasteiger partial charge in [0.2, 0.25) is 0 Å². The molecule has 3 nitrogen and oxygen atoms in total. The minimum Gasteiger partial charge on any atom is -0.390 e. The van der Waals surface area contributed by atoms with Crippen molar-refractivity contribution in [2.75, 3.05) is 27.7 Å². The molecule has 13 heavy (non-hydrogen) atoms. The van der Waals surface area contributed by atoms with Crippen LogP contribution in [0.25, 0.3) is 0 Å². The van der Waals surface area contributed by atoms with Crippen LogP contribution >= 0.6 is 0 Å². The van der Waals surface area contributed by atoms with Crippen molar-refractivity contribution in [3.05, 3.63) is 6.92 Å². The Hall–Kier alpha value is -0.120. The van der Waals surface area contributed by atoms with Gasteiger partial charge >= 0.3 is 0 Å². The van der Waals surface area contributed by atoms with Crippen LogP contribution in [-0.4, -0.2) is 54.1 Å². The third kappa shape index (κ3) is 6.99. The average molecular weight is 189 g/mol. The van der Waals surface area contributed by atoms with E-state index in [2.05, 4.69) is 6.92 Å². The normalized spacial score (nSPS) is 19.6. The van der Waals surface area contributed by atoms with E-state index in [-0.39, 0.29) is 0 Å². The van der Waals surface area contributed by atoms with Crippen molar-refractivity contribution in [2.24, 2.45) is 0 Å². The van der Waals surface area contributed by atoms with Gasteiger partial charge in [-0.3, -0.25) is 0 Å². The van der Waals surface area contributed by atoms with Crippen LogP contribution in [0.3, 0.4) is 0 Å². The topological polar surface area (TPSA) is 40.5 Å². The number of hydrogen-bond donors (Lipinski definition) is 2. The second-order valence-electron chi connectivity index (χ2n) is 4.91. The summed E-state index contributed by atoms with van der Waals surface area (Å²) in [5.74, 6) is 0. The van der Waals surface area contributed by atoms with Gasteiger partial charge in [0.1, 0.15) is 12.6 Å². The zero-order valence-corrected chi connectivity index (χ0v) is 9.25. The summed E-state index contributed by atoms with van der Waals surface area (Å²) >= 11 is 0. The first-order chi connectivity index (χ1) is 5.66. The molecular formula is C10H23NO2+. The minimum absolute atomic E-state index is 0.346. The molecule has 0 fully saturated rings. The molecule has 0 aromatic carbocycles. The van der Waals surface area contributed by atoms with E-state index < -0.39 is 11.7 Å². The predicted molar refractivity (Wildman–Crippen MR) is 54.1 cm³/mol. The van der Waals surface area contributed by atoms with Gasteiger partial charge in [0.25, 0.3) is 0 Å². The van der Waals surface area contributed by atoms with E-state index in [1.807, 2.05) is 28.1 Å². The number of aliphatic hydroxyl groups is 2. The van der Waals surface area contributed by atoms with E-state index in [1.54, 1.807) is 0 Å². The first kappa shape index (κ1) is 12.9. The smallest absolute Gasteiger partial charge is 0.106 e. The Morgan fingerprint density at radius 3 is 2.15 bits per heavy atom. The molecule has 2 unspecified atom stereocenters. The molecule has 0 aliphatic heterocycles. The largest absolute Gasteiger partial charge is 0.390 e. The van der Waals surface area contributed by atoms with Crippen LogP contribution in [-0.2, 0) is 0 Å². The lowest BCUT2D eigenvalue weighted by atomic mass is 9.95. The molecule has 0 aliphatic carbocycles.